The maximum atomic E-state index is 15.4. The molecule has 252 valence electrons. The minimum Gasteiger partial charge on any atom is -0.506 e. The number of carbonyl (C=O) groups excluding carboxylic acids is 4. The van der Waals surface area contributed by atoms with Gasteiger partial charge in [0.05, 0.1) is 11.0 Å². The van der Waals surface area contributed by atoms with Crippen LogP contribution in [0.3, 0.4) is 0 Å². The van der Waals surface area contributed by atoms with Gasteiger partial charge in [0.25, 0.3) is 5.91 Å². The molecule has 4 heterocycles. The molecular formula is C30H26FN9O8S. The Morgan fingerprint density at radius 1 is 1.04 bits per heavy atom. The van der Waals surface area contributed by atoms with Gasteiger partial charge in [0, 0.05) is 42.5 Å². The van der Waals surface area contributed by atoms with Crippen LogP contribution in [0, 0.1) is 5.82 Å². The lowest BCUT2D eigenvalue weighted by atomic mass is 10.1. The van der Waals surface area contributed by atoms with Crippen LogP contribution in [0.15, 0.2) is 59.5 Å². The number of piperidine rings is 1. The van der Waals surface area contributed by atoms with E-state index < -0.39 is 63.5 Å². The molecule has 5 aromatic rings. The molecule has 19 heteroatoms. The molecular weight excluding hydrogens is 665 g/mol. The van der Waals surface area contributed by atoms with Crippen LogP contribution in [0.25, 0.3) is 21.8 Å². The quantitative estimate of drug-likeness (QED) is 0.153. The Labute approximate surface area is 275 Å². The second-order valence-corrected chi connectivity index (χ2v) is 13.1. The van der Waals surface area contributed by atoms with Crippen molar-refractivity contribution >= 4 is 78.5 Å². The molecule has 0 aliphatic carbocycles. The van der Waals surface area contributed by atoms with Crippen molar-refractivity contribution < 1.29 is 37.1 Å². The number of amides is 4. The Morgan fingerprint density at radius 2 is 1.82 bits per heavy atom. The van der Waals surface area contributed by atoms with E-state index in [1.807, 2.05) is 0 Å². The third-order valence-electron chi connectivity index (χ3n) is 8.21. The number of phenols is 1. The molecule has 2 aromatic heterocycles. The van der Waals surface area contributed by atoms with Gasteiger partial charge in [-0.3, -0.25) is 38.3 Å². The van der Waals surface area contributed by atoms with Gasteiger partial charge in [-0.05, 0) is 54.3 Å². The number of aryl methyl sites for hydroxylation is 1. The zero-order valence-corrected chi connectivity index (χ0v) is 26.2. The summed E-state index contributed by atoms with van der Waals surface area (Å²) in [7, 11) is -2.78. The monoisotopic (exact) mass is 691 g/mol. The van der Waals surface area contributed by atoms with E-state index in [0.717, 1.165) is 6.07 Å². The van der Waals surface area contributed by atoms with Crippen LogP contribution < -0.4 is 30.7 Å². The third kappa shape index (κ3) is 5.58. The smallest absolute Gasteiger partial charge is 0.329 e. The minimum atomic E-state index is -4.36. The van der Waals surface area contributed by atoms with Crippen molar-refractivity contribution in [2.24, 2.45) is 7.05 Å². The molecule has 0 radical (unpaired) electrons. The number of imidazole rings is 1. The van der Waals surface area contributed by atoms with E-state index in [1.54, 1.807) is 42.2 Å². The SMILES string of the molecule is Cn1c(=O)n(C2CCC(=O)NC2=O)c2ccc(Nc3ccn(CC(=O)Nc4ccc5c(F)c(N6CC(=O)NS6(=O)=O)c(O)cc5c4)n3)cc21. The fraction of sp³-hybridized carbons (Fsp3) is 0.200. The number of nitrogens with one attached hydrogen (secondary N) is 4. The van der Waals surface area contributed by atoms with E-state index in [-0.39, 0.29) is 41.8 Å². The molecule has 0 saturated carbocycles. The molecule has 5 N–H and O–H groups in total. The Bertz CT molecular complexity index is 2430. The van der Waals surface area contributed by atoms with E-state index in [1.165, 1.54) is 32.0 Å². The van der Waals surface area contributed by atoms with Gasteiger partial charge in [-0.15, -0.1) is 0 Å². The van der Waals surface area contributed by atoms with Gasteiger partial charge >= 0.3 is 15.9 Å². The number of aromatic nitrogens is 4. The lowest BCUT2D eigenvalue weighted by Gasteiger charge is -2.21. The first-order chi connectivity index (χ1) is 23.3. The Morgan fingerprint density at radius 3 is 2.55 bits per heavy atom. The average Bonchev–Trinajstić information content (AvgIpc) is 3.65. The standard InChI is InChI=1S/C30H26FN9O8S/c1-37-21-12-17(3-5-19(21)40(30(37)46)20-6-7-24(42)34-29(20)45)32-23-8-9-38(35-23)13-25(43)33-16-2-4-18-15(10-16)11-22(41)28(27(18)31)39-14-26(44)36-49(39,47)48/h2-5,8-12,20,41H,6-7,13-14H2,1H3,(H,32,35)(H,33,43)(H,36,44)(H,34,42,45). The van der Waals surface area contributed by atoms with Gasteiger partial charge in [0.15, 0.2) is 11.6 Å². The molecule has 7 rings (SSSR count). The third-order valence-corrected chi connectivity index (χ3v) is 9.59. The maximum absolute atomic E-state index is 15.4. The van der Waals surface area contributed by atoms with E-state index in [4.69, 9.17) is 0 Å². The van der Waals surface area contributed by atoms with E-state index in [0.29, 0.717) is 26.8 Å². The number of phenolic OH excluding ortho intramolecular Hbond substituents is 1. The summed E-state index contributed by atoms with van der Waals surface area (Å²) in [6, 6.07) is 11.2. The number of anilines is 4. The van der Waals surface area contributed by atoms with E-state index >= 15 is 4.39 Å². The largest absolute Gasteiger partial charge is 0.506 e. The number of aromatic hydroxyl groups is 1. The summed E-state index contributed by atoms with van der Waals surface area (Å²) >= 11 is 0. The van der Waals surface area contributed by atoms with Gasteiger partial charge in [-0.1, -0.05) is 0 Å². The summed E-state index contributed by atoms with van der Waals surface area (Å²) in [6.07, 6.45) is 1.91. The summed E-state index contributed by atoms with van der Waals surface area (Å²) < 4.78 is 46.1. The van der Waals surface area contributed by atoms with Crippen molar-refractivity contribution in [1.82, 2.24) is 29.0 Å². The first-order valence-corrected chi connectivity index (χ1v) is 16.2. The van der Waals surface area contributed by atoms with Crippen molar-refractivity contribution in [1.29, 1.82) is 0 Å². The van der Waals surface area contributed by atoms with Crippen LogP contribution in [0.5, 0.6) is 5.75 Å². The Hall–Kier alpha value is -6.24. The van der Waals surface area contributed by atoms with Gasteiger partial charge < -0.3 is 15.7 Å². The molecule has 1 atom stereocenters. The molecule has 2 fully saturated rings. The summed E-state index contributed by atoms with van der Waals surface area (Å²) in [5, 5.41) is 23.0. The molecule has 0 spiro atoms. The first kappa shape index (κ1) is 31.4. The number of benzene rings is 3. The molecule has 17 nitrogen and oxygen atoms in total. The van der Waals surface area contributed by atoms with Crippen LogP contribution in [0.4, 0.5) is 27.3 Å². The zero-order chi connectivity index (χ0) is 34.8. The van der Waals surface area contributed by atoms with Gasteiger partial charge in [0.2, 0.25) is 17.7 Å². The molecule has 1 unspecified atom stereocenters. The Kier molecular flexibility index (Phi) is 7.34. The van der Waals surface area contributed by atoms with Crippen LogP contribution >= 0.6 is 0 Å². The molecule has 4 amide bonds. The second-order valence-electron chi connectivity index (χ2n) is 11.5. The highest BCUT2D eigenvalue weighted by atomic mass is 32.2. The normalized spacial score (nSPS) is 17.4. The Balaban J connectivity index is 1.04. The summed E-state index contributed by atoms with van der Waals surface area (Å²) in [5.74, 6) is -3.62. The minimum absolute atomic E-state index is 0.0473. The van der Waals surface area contributed by atoms with Crippen molar-refractivity contribution in [3.8, 4) is 5.75 Å². The van der Waals surface area contributed by atoms with Crippen molar-refractivity contribution in [2.45, 2.75) is 25.4 Å². The highest BCUT2D eigenvalue weighted by molar-refractivity contribution is 7.92. The highest BCUT2D eigenvalue weighted by Crippen LogP contribution is 2.39. The lowest BCUT2D eigenvalue weighted by molar-refractivity contribution is -0.135. The summed E-state index contributed by atoms with van der Waals surface area (Å²) in [5.41, 5.74) is 0.853. The number of fused-ring (bicyclic) bond motifs is 2. The topological polar surface area (TPSA) is 219 Å². The molecule has 49 heavy (non-hydrogen) atoms. The number of rotatable bonds is 7. The second kappa shape index (κ2) is 11.5. The van der Waals surface area contributed by atoms with E-state index in [2.05, 4.69) is 21.0 Å². The number of halogens is 1. The molecule has 2 saturated heterocycles. The number of imide groups is 1. The summed E-state index contributed by atoms with van der Waals surface area (Å²) in [4.78, 5) is 61.5. The number of carbonyl (C=O) groups is 4. The predicted octanol–water partition coefficient (Wildman–Crippen LogP) is 1.08. The predicted molar refractivity (Wildman–Crippen MR) is 173 cm³/mol. The van der Waals surface area contributed by atoms with Crippen molar-refractivity contribution in [2.75, 3.05) is 21.5 Å². The van der Waals surface area contributed by atoms with Crippen LogP contribution in [-0.4, -0.2) is 62.6 Å². The van der Waals surface area contributed by atoms with Gasteiger partial charge in [-0.25, -0.2) is 18.2 Å². The van der Waals surface area contributed by atoms with Crippen LogP contribution in [-0.2, 0) is 43.0 Å². The zero-order valence-electron chi connectivity index (χ0n) is 25.4. The fourth-order valence-electron chi connectivity index (χ4n) is 5.98. The molecule has 2 aliphatic rings. The van der Waals surface area contributed by atoms with Gasteiger partial charge in [0.1, 0.15) is 30.6 Å². The number of hydrogen-bond acceptors (Lipinski definition) is 10. The van der Waals surface area contributed by atoms with Gasteiger partial charge in [-0.2, -0.15) is 13.5 Å². The molecule has 0 bridgehead atoms. The van der Waals surface area contributed by atoms with Crippen molar-refractivity contribution in [3.63, 3.8) is 0 Å². The average molecular weight is 692 g/mol. The molecule has 2 aliphatic heterocycles. The molecule has 3 aromatic carbocycles. The number of nitrogens with zero attached hydrogens (tertiary/aromatic N) is 5. The van der Waals surface area contributed by atoms with Crippen LogP contribution in [0.2, 0.25) is 0 Å². The van der Waals surface area contributed by atoms with Crippen molar-refractivity contribution in [3.05, 3.63) is 71.0 Å². The summed E-state index contributed by atoms with van der Waals surface area (Å²) in [6.45, 7) is -0.886. The van der Waals surface area contributed by atoms with Crippen LogP contribution in [0.1, 0.15) is 18.9 Å². The number of hydrogen-bond donors (Lipinski definition) is 5. The maximum Gasteiger partial charge on any atom is 0.329 e. The first-order valence-electron chi connectivity index (χ1n) is 14.7. The lowest BCUT2D eigenvalue weighted by Crippen LogP contribution is -2.44. The highest BCUT2D eigenvalue weighted by Gasteiger charge is 2.38. The van der Waals surface area contributed by atoms with E-state index in [9.17, 15) is 37.5 Å². The fourth-order valence-corrected chi connectivity index (χ4v) is 7.15.